The minimum atomic E-state index is -0.170. The zero-order valence-electron chi connectivity index (χ0n) is 22.2. The zero-order chi connectivity index (χ0) is 26.4. The van der Waals surface area contributed by atoms with Crippen molar-refractivity contribution in [3.8, 4) is 0 Å². The van der Waals surface area contributed by atoms with Gasteiger partial charge in [-0.2, -0.15) is 0 Å². The molecule has 1 saturated heterocycles. The summed E-state index contributed by atoms with van der Waals surface area (Å²) in [5, 5.41) is 8.76. The third-order valence-corrected chi connectivity index (χ3v) is 7.69. The summed E-state index contributed by atoms with van der Waals surface area (Å²) in [6, 6.07) is 16.4. The van der Waals surface area contributed by atoms with E-state index in [1.165, 1.54) is 16.9 Å². The number of para-hydroxylation sites is 1. The molecule has 1 aliphatic heterocycles. The van der Waals surface area contributed by atoms with Gasteiger partial charge in [0.2, 0.25) is 0 Å². The first-order valence-corrected chi connectivity index (χ1v) is 13.8. The van der Waals surface area contributed by atoms with Gasteiger partial charge in [0.25, 0.3) is 5.91 Å². The monoisotopic (exact) mass is 519 g/mol. The van der Waals surface area contributed by atoms with Crippen LogP contribution in [0.25, 0.3) is 0 Å². The third kappa shape index (κ3) is 7.17. The van der Waals surface area contributed by atoms with Crippen molar-refractivity contribution < 1.29 is 9.59 Å². The van der Waals surface area contributed by atoms with E-state index in [9.17, 15) is 9.59 Å². The molecule has 1 aliphatic rings. The van der Waals surface area contributed by atoms with Crippen LogP contribution in [0.15, 0.2) is 53.9 Å². The number of amides is 3. The van der Waals surface area contributed by atoms with Crippen molar-refractivity contribution in [3.63, 3.8) is 0 Å². The lowest BCUT2D eigenvalue weighted by molar-refractivity contribution is 0.0904. The topological polar surface area (TPSA) is 77.6 Å². The number of carbonyl (C=O) groups is 2. The first-order chi connectivity index (χ1) is 17.8. The largest absolute Gasteiger partial charge is 0.348 e. The lowest BCUT2D eigenvalue weighted by atomic mass is 10.0. The number of hydrogen-bond donors (Lipinski definition) is 2. The summed E-state index contributed by atoms with van der Waals surface area (Å²) in [6.07, 6.45) is 1.85. The Balaban J connectivity index is 1.30. The molecule has 7 nitrogen and oxygen atoms in total. The number of nitrogens with zero attached hydrogens (tertiary/aromatic N) is 3. The number of piperidine rings is 1. The van der Waals surface area contributed by atoms with Crippen molar-refractivity contribution in [2.45, 2.75) is 65.7 Å². The molecule has 3 amide bonds. The highest BCUT2D eigenvalue weighted by atomic mass is 32.1. The molecular weight excluding hydrogens is 482 g/mol. The molecule has 196 valence electrons. The van der Waals surface area contributed by atoms with Gasteiger partial charge in [-0.05, 0) is 57.2 Å². The van der Waals surface area contributed by atoms with Crippen LogP contribution in [0, 0.1) is 13.8 Å². The molecule has 2 N–H and O–H groups in total. The molecule has 2 heterocycles. The quantitative estimate of drug-likeness (QED) is 0.406. The Morgan fingerprint density at radius 1 is 1.05 bits per heavy atom. The number of rotatable bonds is 8. The fourth-order valence-electron chi connectivity index (χ4n) is 4.65. The number of anilines is 1. The van der Waals surface area contributed by atoms with Gasteiger partial charge in [0.1, 0.15) is 10.7 Å². The van der Waals surface area contributed by atoms with E-state index in [2.05, 4.69) is 44.8 Å². The SMILES string of the molecule is Cc1cccc(C)c1NC(=O)N(Cc1nc(C(=O)NC2CCN(Cc3ccccc3)CC2)cs1)C(C)C. The van der Waals surface area contributed by atoms with Gasteiger partial charge in [-0.25, -0.2) is 9.78 Å². The van der Waals surface area contributed by atoms with Crippen molar-refractivity contribution in [2.75, 3.05) is 18.4 Å². The highest BCUT2D eigenvalue weighted by molar-refractivity contribution is 7.09. The van der Waals surface area contributed by atoms with Crippen LogP contribution in [0.3, 0.4) is 0 Å². The Labute approximate surface area is 223 Å². The Kier molecular flexibility index (Phi) is 8.95. The van der Waals surface area contributed by atoms with Crippen molar-refractivity contribution in [3.05, 3.63) is 81.3 Å². The molecule has 1 aromatic heterocycles. The van der Waals surface area contributed by atoms with Crippen molar-refractivity contribution in [2.24, 2.45) is 0 Å². The van der Waals surface area contributed by atoms with Crippen molar-refractivity contribution in [1.29, 1.82) is 0 Å². The summed E-state index contributed by atoms with van der Waals surface area (Å²) in [7, 11) is 0. The minimum Gasteiger partial charge on any atom is -0.348 e. The molecule has 0 saturated carbocycles. The lowest BCUT2D eigenvalue weighted by Crippen LogP contribution is -2.44. The molecule has 0 atom stereocenters. The number of carbonyl (C=O) groups excluding carboxylic acids is 2. The molecule has 0 radical (unpaired) electrons. The average Bonchev–Trinajstić information content (AvgIpc) is 3.35. The standard InChI is InChI=1S/C29H37N5O2S/c1-20(2)34(29(36)32-27-21(3)9-8-10-22(27)4)18-26-31-25(19-37-26)28(35)30-24-13-15-33(16-14-24)17-23-11-6-5-7-12-23/h5-12,19-20,24H,13-18H2,1-4H3,(H,30,35)(H,32,36). The number of urea groups is 1. The van der Waals surface area contributed by atoms with Gasteiger partial charge in [0, 0.05) is 42.8 Å². The maximum absolute atomic E-state index is 13.1. The predicted molar refractivity (Wildman–Crippen MR) is 150 cm³/mol. The summed E-state index contributed by atoms with van der Waals surface area (Å²) in [6.45, 7) is 11.2. The van der Waals surface area contributed by atoms with Crippen LogP contribution in [-0.4, -0.2) is 51.9 Å². The van der Waals surface area contributed by atoms with Gasteiger partial charge in [-0.15, -0.1) is 11.3 Å². The lowest BCUT2D eigenvalue weighted by Gasteiger charge is -2.32. The van der Waals surface area contributed by atoms with Crippen LogP contribution in [0.1, 0.15) is 58.9 Å². The van der Waals surface area contributed by atoms with Crippen LogP contribution < -0.4 is 10.6 Å². The Hall–Kier alpha value is -3.23. The Morgan fingerprint density at radius 3 is 2.38 bits per heavy atom. The second kappa shape index (κ2) is 12.3. The first-order valence-electron chi connectivity index (χ1n) is 13.0. The van der Waals surface area contributed by atoms with Gasteiger partial charge < -0.3 is 15.5 Å². The maximum atomic E-state index is 13.1. The van der Waals surface area contributed by atoms with E-state index in [0.717, 1.165) is 54.3 Å². The molecule has 3 aromatic rings. The summed E-state index contributed by atoms with van der Waals surface area (Å²) < 4.78 is 0. The highest BCUT2D eigenvalue weighted by Crippen LogP contribution is 2.22. The predicted octanol–water partition coefficient (Wildman–Crippen LogP) is 5.60. The average molecular weight is 520 g/mol. The normalized spacial score (nSPS) is 14.5. The summed E-state index contributed by atoms with van der Waals surface area (Å²) in [5.74, 6) is -0.139. The molecule has 1 fully saturated rings. The van der Waals surface area contributed by atoms with E-state index in [-0.39, 0.29) is 24.0 Å². The molecule has 0 spiro atoms. The van der Waals surface area contributed by atoms with Gasteiger partial charge in [0.15, 0.2) is 0 Å². The molecule has 4 rings (SSSR count). The Bertz CT molecular complexity index is 1180. The molecule has 8 heteroatoms. The van der Waals surface area contributed by atoms with Crippen LogP contribution in [0.2, 0.25) is 0 Å². The van der Waals surface area contributed by atoms with E-state index in [4.69, 9.17) is 0 Å². The summed E-state index contributed by atoms with van der Waals surface area (Å²) >= 11 is 1.42. The number of aryl methyl sites for hydroxylation is 2. The van der Waals surface area contributed by atoms with E-state index in [0.29, 0.717) is 12.2 Å². The van der Waals surface area contributed by atoms with Crippen LogP contribution in [0.4, 0.5) is 10.5 Å². The van der Waals surface area contributed by atoms with Gasteiger partial charge in [-0.1, -0.05) is 48.5 Å². The number of likely N-dealkylation sites (tertiary alicyclic amines) is 1. The second-order valence-electron chi connectivity index (χ2n) is 10.1. The zero-order valence-corrected chi connectivity index (χ0v) is 23.0. The molecule has 0 aliphatic carbocycles. The number of hydrogen-bond acceptors (Lipinski definition) is 5. The minimum absolute atomic E-state index is 0.0217. The fraction of sp³-hybridized carbons (Fsp3) is 0.414. The second-order valence-corrected chi connectivity index (χ2v) is 11.0. The highest BCUT2D eigenvalue weighted by Gasteiger charge is 2.24. The first kappa shape index (κ1) is 26.8. The van der Waals surface area contributed by atoms with Crippen LogP contribution in [0.5, 0.6) is 0 Å². The maximum Gasteiger partial charge on any atom is 0.322 e. The molecule has 37 heavy (non-hydrogen) atoms. The summed E-state index contributed by atoms with van der Waals surface area (Å²) in [4.78, 5) is 34.8. The molecule has 0 bridgehead atoms. The van der Waals surface area contributed by atoms with Crippen molar-refractivity contribution in [1.82, 2.24) is 20.1 Å². The van der Waals surface area contributed by atoms with E-state index in [1.807, 2.05) is 52.0 Å². The Morgan fingerprint density at radius 2 is 1.73 bits per heavy atom. The van der Waals surface area contributed by atoms with E-state index in [1.54, 1.807) is 10.3 Å². The number of thiazole rings is 1. The van der Waals surface area contributed by atoms with Crippen LogP contribution in [-0.2, 0) is 13.1 Å². The van der Waals surface area contributed by atoms with Gasteiger partial charge in [-0.3, -0.25) is 9.69 Å². The number of nitrogens with one attached hydrogen (secondary N) is 2. The van der Waals surface area contributed by atoms with E-state index >= 15 is 0 Å². The summed E-state index contributed by atoms with van der Waals surface area (Å²) in [5.41, 5.74) is 4.63. The van der Waals surface area contributed by atoms with Gasteiger partial charge in [0.05, 0.1) is 6.54 Å². The number of benzene rings is 2. The fourth-order valence-corrected chi connectivity index (χ4v) is 5.42. The third-order valence-electron chi connectivity index (χ3n) is 6.86. The molecule has 0 unspecified atom stereocenters. The molecule has 2 aromatic carbocycles. The smallest absolute Gasteiger partial charge is 0.322 e. The van der Waals surface area contributed by atoms with Crippen molar-refractivity contribution >= 4 is 29.0 Å². The molecular formula is C29H37N5O2S. The van der Waals surface area contributed by atoms with E-state index < -0.39 is 0 Å². The number of aromatic nitrogens is 1. The van der Waals surface area contributed by atoms with Crippen LogP contribution >= 0.6 is 11.3 Å². The van der Waals surface area contributed by atoms with Gasteiger partial charge >= 0.3 is 6.03 Å².